The number of amides is 2. The summed E-state index contributed by atoms with van der Waals surface area (Å²) in [5.74, 6) is 0.685. The lowest BCUT2D eigenvalue weighted by Gasteiger charge is -2.42. The van der Waals surface area contributed by atoms with Crippen molar-refractivity contribution in [2.45, 2.75) is 38.2 Å². The number of urea groups is 1. The lowest BCUT2D eigenvalue weighted by Crippen LogP contribution is -2.47. The number of methoxy groups -OCH3 is 1. The van der Waals surface area contributed by atoms with E-state index >= 15 is 0 Å². The zero-order chi connectivity index (χ0) is 17.7. The molecule has 25 heavy (non-hydrogen) atoms. The molecule has 1 heterocycles. The fourth-order valence-electron chi connectivity index (χ4n) is 3.61. The highest BCUT2D eigenvalue weighted by molar-refractivity contribution is 6.32. The Morgan fingerprint density at radius 2 is 2.20 bits per heavy atom. The summed E-state index contributed by atoms with van der Waals surface area (Å²) in [4.78, 5) is 14.3. The summed E-state index contributed by atoms with van der Waals surface area (Å²) >= 11 is 6.14. The molecule has 0 aromatic heterocycles. The highest BCUT2D eigenvalue weighted by Gasteiger charge is 2.37. The minimum absolute atomic E-state index is 0.00296. The summed E-state index contributed by atoms with van der Waals surface area (Å²) in [6.07, 6.45) is 5.44. The van der Waals surface area contributed by atoms with Gasteiger partial charge in [-0.3, -0.25) is 0 Å². The van der Waals surface area contributed by atoms with Crippen LogP contribution in [0.5, 0.6) is 5.75 Å². The number of hydrogen-bond donors (Lipinski definition) is 1. The van der Waals surface area contributed by atoms with Crippen molar-refractivity contribution in [1.29, 1.82) is 0 Å². The molecule has 1 saturated carbocycles. The Morgan fingerprint density at radius 1 is 1.40 bits per heavy atom. The Balaban J connectivity index is 1.45. The third kappa shape index (κ3) is 4.59. The molecule has 1 atom stereocenters. The van der Waals surface area contributed by atoms with E-state index in [1.807, 2.05) is 29.2 Å². The fourth-order valence-corrected chi connectivity index (χ4v) is 3.79. The van der Waals surface area contributed by atoms with Crippen LogP contribution in [0.4, 0.5) is 4.79 Å². The Labute approximate surface area is 154 Å². The molecule has 138 valence electrons. The number of nitrogens with one attached hydrogen (secondary N) is 1. The molecule has 0 radical (unpaired) electrons. The summed E-state index contributed by atoms with van der Waals surface area (Å²) in [5, 5.41) is 3.73. The molecule has 3 rings (SSSR count). The second kappa shape index (κ2) is 8.28. The van der Waals surface area contributed by atoms with E-state index in [-0.39, 0.29) is 17.6 Å². The number of benzene rings is 1. The third-order valence-corrected chi connectivity index (χ3v) is 5.74. The van der Waals surface area contributed by atoms with E-state index in [9.17, 15) is 4.79 Å². The quantitative estimate of drug-likeness (QED) is 0.800. The maximum absolute atomic E-state index is 12.5. The van der Waals surface area contributed by atoms with Gasteiger partial charge in [0.15, 0.2) is 0 Å². The summed E-state index contributed by atoms with van der Waals surface area (Å²) in [6.45, 7) is 2.81. The van der Waals surface area contributed by atoms with Crippen LogP contribution in [0.25, 0.3) is 0 Å². The van der Waals surface area contributed by atoms with Crippen LogP contribution in [0, 0.1) is 5.41 Å². The number of rotatable bonds is 7. The predicted octanol–water partition coefficient (Wildman–Crippen LogP) is 3.71. The molecule has 1 saturated heterocycles. The van der Waals surface area contributed by atoms with Crippen molar-refractivity contribution in [3.05, 3.63) is 29.3 Å². The predicted molar refractivity (Wildman–Crippen MR) is 98.2 cm³/mol. The smallest absolute Gasteiger partial charge is 0.317 e. The van der Waals surface area contributed by atoms with Gasteiger partial charge in [0.1, 0.15) is 11.9 Å². The van der Waals surface area contributed by atoms with Gasteiger partial charge in [0.2, 0.25) is 0 Å². The van der Waals surface area contributed by atoms with Crippen molar-refractivity contribution in [2.24, 2.45) is 5.41 Å². The average molecular weight is 367 g/mol. The fraction of sp³-hybridized carbons (Fsp3) is 0.632. The Bertz CT molecular complexity index is 592. The number of halogens is 1. The normalized spacial score (nSPS) is 21.7. The van der Waals surface area contributed by atoms with Gasteiger partial charge in [0.25, 0.3) is 0 Å². The van der Waals surface area contributed by atoms with E-state index in [0.29, 0.717) is 23.9 Å². The third-order valence-electron chi connectivity index (χ3n) is 5.43. The molecule has 2 amide bonds. The monoisotopic (exact) mass is 366 g/mol. The standard InChI is InChI=1S/C19H27ClN2O3/c1-24-12-10-19(8-4-9-19)14-21-18(23)22-11-7-15(13-22)25-17-6-3-2-5-16(17)20/h2-3,5-6,15H,4,7-14H2,1H3,(H,21,23). The molecule has 6 heteroatoms. The van der Waals surface area contributed by atoms with Crippen molar-refractivity contribution in [1.82, 2.24) is 10.2 Å². The molecule has 1 N–H and O–H groups in total. The maximum atomic E-state index is 12.5. The first-order chi connectivity index (χ1) is 12.1. The van der Waals surface area contributed by atoms with Gasteiger partial charge >= 0.3 is 6.03 Å². The van der Waals surface area contributed by atoms with Crippen LogP contribution < -0.4 is 10.1 Å². The van der Waals surface area contributed by atoms with Gasteiger partial charge in [-0.05, 0) is 36.8 Å². The highest BCUT2D eigenvalue weighted by Crippen LogP contribution is 2.43. The molecule has 0 bridgehead atoms. The van der Waals surface area contributed by atoms with Crippen molar-refractivity contribution < 1.29 is 14.3 Å². The summed E-state index contributed by atoms with van der Waals surface area (Å²) in [7, 11) is 1.73. The summed E-state index contributed by atoms with van der Waals surface area (Å²) in [6, 6.07) is 7.46. The molecule has 1 aliphatic carbocycles. The van der Waals surface area contributed by atoms with Crippen LogP contribution in [-0.2, 0) is 4.74 Å². The lowest BCUT2D eigenvalue weighted by molar-refractivity contribution is 0.0696. The van der Waals surface area contributed by atoms with E-state index in [1.54, 1.807) is 7.11 Å². The van der Waals surface area contributed by atoms with Crippen molar-refractivity contribution in [3.63, 3.8) is 0 Å². The maximum Gasteiger partial charge on any atom is 0.317 e. The van der Waals surface area contributed by atoms with Gasteiger partial charge in [-0.25, -0.2) is 4.79 Å². The molecular weight excluding hydrogens is 340 g/mol. The first kappa shape index (κ1) is 18.3. The van der Waals surface area contributed by atoms with Gasteiger partial charge in [-0.1, -0.05) is 30.2 Å². The molecular formula is C19H27ClN2O3. The molecule has 2 aliphatic rings. The molecule has 1 aromatic carbocycles. The topological polar surface area (TPSA) is 50.8 Å². The number of para-hydroxylation sites is 1. The Hall–Kier alpha value is -1.46. The second-order valence-corrected chi connectivity index (χ2v) is 7.57. The molecule has 5 nitrogen and oxygen atoms in total. The van der Waals surface area contributed by atoms with Gasteiger partial charge in [0.05, 0.1) is 11.6 Å². The minimum Gasteiger partial charge on any atom is -0.487 e. The van der Waals surface area contributed by atoms with Crippen molar-refractivity contribution in [2.75, 3.05) is 33.4 Å². The van der Waals surface area contributed by atoms with Crippen LogP contribution in [0.15, 0.2) is 24.3 Å². The number of ether oxygens (including phenoxy) is 2. The molecule has 1 unspecified atom stereocenters. The van der Waals surface area contributed by atoms with E-state index in [2.05, 4.69) is 5.32 Å². The Kier molecular flexibility index (Phi) is 6.07. The largest absolute Gasteiger partial charge is 0.487 e. The summed E-state index contributed by atoms with van der Waals surface area (Å²) in [5.41, 5.74) is 0.235. The number of nitrogens with zero attached hydrogens (tertiary/aromatic N) is 1. The van der Waals surface area contributed by atoms with Crippen molar-refractivity contribution in [3.8, 4) is 5.75 Å². The Morgan fingerprint density at radius 3 is 2.88 bits per heavy atom. The number of hydrogen-bond acceptors (Lipinski definition) is 3. The number of carbonyl (C=O) groups is 1. The van der Waals surface area contributed by atoms with E-state index < -0.39 is 0 Å². The van der Waals surface area contributed by atoms with Crippen LogP contribution in [0.2, 0.25) is 5.02 Å². The molecule has 1 aliphatic heterocycles. The molecule has 1 aromatic rings. The average Bonchev–Trinajstić information content (AvgIpc) is 3.04. The molecule has 0 spiro atoms. The van der Waals surface area contributed by atoms with E-state index in [0.717, 1.165) is 26.0 Å². The zero-order valence-electron chi connectivity index (χ0n) is 14.8. The van der Waals surface area contributed by atoms with Crippen LogP contribution in [-0.4, -0.2) is 50.4 Å². The zero-order valence-corrected chi connectivity index (χ0v) is 15.6. The van der Waals surface area contributed by atoms with Gasteiger partial charge in [-0.2, -0.15) is 0 Å². The van der Waals surface area contributed by atoms with Gasteiger partial charge < -0.3 is 19.7 Å². The SMILES string of the molecule is COCCC1(CNC(=O)N2CCC(Oc3ccccc3Cl)C2)CCC1. The first-order valence-electron chi connectivity index (χ1n) is 9.05. The number of likely N-dealkylation sites (tertiary alicyclic amines) is 1. The first-order valence-corrected chi connectivity index (χ1v) is 9.43. The second-order valence-electron chi connectivity index (χ2n) is 7.16. The van der Waals surface area contributed by atoms with Gasteiger partial charge in [-0.15, -0.1) is 0 Å². The lowest BCUT2D eigenvalue weighted by atomic mass is 9.67. The highest BCUT2D eigenvalue weighted by atomic mass is 35.5. The van der Waals surface area contributed by atoms with Crippen LogP contribution >= 0.6 is 11.6 Å². The minimum atomic E-state index is -0.00296. The molecule has 2 fully saturated rings. The van der Waals surface area contributed by atoms with Crippen LogP contribution in [0.1, 0.15) is 32.1 Å². The van der Waals surface area contributed by atoms with E-state index in [1.165, 1.54) is 19.3 Å². The number of carbonyl (C=O) groups excluding carboxylic acids is 1. The summed E-state index contributed by atoms with van der Waals surface area (Å²) < 4.78 is 11.2. The van der Waals surface area contributed by atoms with Gasteiger partial charge in [0, 0.05) is 33.2 Å². The van der Waals surface area contributed by atoms with Crippen LogP contribution in [0.3, 0.4) is 0 Å². The van der Waals surface area contributed by atoms with Crippen molar-refractivity contribution >= 4 is 17.6 Å². The van der Waals surface area contributed by atoms with E-state index in [4.69, 9.17) is 21.1 Å².